The first-order valence-electron chi connectivity index (χ1n) is 9.83. The Labute approximate surface area is 170 Å². The van der Waals surface area contributed by atoms with Crippen LogP contribution in [0.25, 0.3) is 10.9 Å². The van der Waals surface area contributed by atoms with Crippen molar-refractivity contribution in [2.24, 2.45) is 0 Å². The molecular formula is C23H28N2O4. The minimum atomic E-state index is -0.370. The standard InChI is InChI=1S/C23H28N2O4/c1-15-11-20(17(3)25(15)16(2)13-28-4)22(26)14-29-23(27)10-9-18-12-24-21-8-6-5-7-19(18)21/h5-8,11-12,16,24H,9-10,13-14H2,1-4H3/t16-/m1/s1. The summed E-state index contributed by atoms with van der Waals surface area (Å²) in [7, 11) is 1.66. The van der Waals surface area contributed by atoms with E-state index in [1.54, 1.807) is 7.11 Å². The van der Waals surface area contributed by atoms with Crippen molar-refractivity contribution in [1.29, 1.82) is 0 Å². The Hall–Kier alpha value is -2.86. The van der Waals surface area contributed by atoms with E-state index in [-0.39, 0.29) is 30.8 Å². The summed E-state index contributed by atoms with van der Waals surface area (Å²) in [6, 6.07) is 9.94. The van der Waals surface area contributed by atoms with Crippen LogP contribution in [0.2, 0.25) is 0 Å². The number of nitrogens with one attached hydrogen (secondary N) is 1. The fourth-order valence-corrected chi connectivity index (χ4v) is 3.92. The quantitative estimate of drug-likeness (QED) is 0.436. The topological polar surface area (TPSA) is 73.3 Å². The number of rotatable bonds is 9. The molecule has 0 amide bonds. The molecule has 0 radical (unpaired) electrons. The van der Waals surface area contributed by atoms with Crippen molar-refractivity contribution in [3.8, 4) is 0 Å². The Balaban J connectivity index is 1.56. The van der Waals surface area contributed by atoms with Crippen molar-refractivity contribution >= 4 is 22.7 Å². The van der Waals surface area contributed by atoms with Gasteiger partial charge < -0.3 is 19.0 Å². The molecule has 29 heavy (non-hydrogen) atoms. The maximum absolute atomic E-state index is 12.6. The van der Waals surface area contributed by atoms with E-state index in [1.807, 2.05) is 57.3 Å². The number of benzene rings is 1. The number of hydrogen-bond donors (Lipinski definition) is 1. The van der Waals surface area contributed by atoms with Crippen molar-refractivity contribution in [2.75, 3.05) is 20.3 Å². The molecule has 0 aliphatic carbocycles. The molecule has 0 unspecified atom stereocenters. The third kappa shape index (κ3) is 4.59. The van der Waals surface area contributed by atoms with E-state index < -0.39 is 0 Å². The van der Waals surface area contributed by atoms with Gasteiger partial charge in [-0.25, -0.2) is 0 Å². The Bertz CT molecular complexity index is 1020. The lowest BCUT2D eigenvalue weighted by Gasteiger charge is -2.17. The number of ether oxygens (including phenoxy) is 2. The first-order chi connectivity index (χ1) is 13.9. The van der Waals surface area contributed by atoms with E-state index in [2.05, 4.69) is 9.55 Å². The Morgan fingerprint density at radius 1 is 1.21 bits per heavy atom. The number of nitrogens with zero attached hydrogens (tertiary/aromatic N) is 1. The molecule has 6 heteroatoms. The van der Waals surface area contributed by atoms with Crippen molar-refractivity contribution in [1.82, 2.24) is 9.55 Å². The van der Waals surface area contributed by atoms with Gasteiger partial charge in [0.2, 0.25) is 5.78 Å². The third-order valence-corrected chi connectivity index (χ3v) is 5.27. The number of esters is 1. The maximum atomic E-state index is 12.6. The normalized spacial score (nSPS) is 12.3. The first-order valence-corrected chi connectivity index (χ1v) is 9.83. The lowest BCUT2D eigenvalue weighted by Crippen LogP contribution is -2.17. The number of carbonyl (C=O) groups excluding carboxylic acids is 2. The highest BCUT2D eigenvalue weighted by Gasteiger charge is 2.20. The molecule has 3 aromatic rings. The van der Waals surface area contributed by atoms with Gasteiger partial charge in [-0.2, -0.15) is 0 Å². The second kappa shape index (κ2) is 9.09. The fourth-order valence-electron chi connectivity index (χ4n) is 3.92. The highest BCUT2D eigenvalue weighted by Crippen LogP contribution is 2.22. The van der Waals surface area contributed by atoms with E-state index in [0.717, 1.165) is 27.9 Å². The molecule has 0 fully saturated rings. The zero-order valence-electron chi connectivity index (χ0n) is 17.5. The molecule has 2 heterocycles. The van der Waals surface area contributed by atoms with Crippen molar-refractivity contribution < 1.29 is 19.1 Å². The van der Waals surface area contributed by atoms with E-state index in [9.17, 15) is 9.59 Å². The zero-order chi connectivity index (χ0) is 21.0. The molecule has 6 nitrogen and oxygen atoms in total. The Morgan fingerprint density at radius 2 is 1.97 bits per heavy atom. The molecule has 2 aromatic heterocycles. The number of aryl methyl sites for hydroxylation is 2. The lowest BCUT2D eigenvalue weighted by molar-refractivity contribution is -0.142. The molecule has 154 valence electrons. The molecule has 0 saturated carbocycles. The molecule has 0 saturated heterocycles. The summed E-state index contributed by atoms with van der Waals surface area (Å²) in [5.41, 5.74) is 4.56. The summed E-state index contributed by atoms with van der Waals surface area (Å²) in [4.78, 5) is 27.9. The minimum absolute atomic E-state index is 0.125. The number of Topliss-reactive ketones (excluding diaryl/α,β-unsaturated/α-hetero) is 1. The van der Waals surface area contributed by atoms with Gasteiger partial charge in [-0.3, -0.25) is 9.59 Å². The summed E-state index contributed by atoms with van der Waals surface area (Å²) < 4.78 is 12.6. The SMILES string of the molecule is COC[C@@H](C)n1c(C)cc(C(=O)COC(=O)CCc2c[nH]c3ccccc23)c1C. The molecule has 0 aliphatic heterocycles. The number of ketones is 1. The number of hydrogen-bond acceptors (Lipinski definition) is 4. The van der Waals surface area contributed by atoms with Gasteiger partial charge in [0.1, 0.15) is 0 Å². The minimum Gasteiger partial charge on any atom is -0.457 e. The predicted molar refractivity (Wildman–Crippen MR) is 112 cm³/mol. The van der Waals surface area contributed by atoms with Crippen molar-refractivity contribution in [3.63, 3.8) is 0 Å². The third-order valence-electron chi connectivity index (χ3n) is 5.27. The van der Waals surface area contributed by atoms with E-state index in [0.29, 0.717) is 18.6 Å². The van der Waals surface area contributed by atoms with Gasteiger partial charge >= 0.3 is 5.97 Å². The first kappa shape index (κ1) is 20.9. The van der Waals surface area contributed by atoms with Gasteiger partial charge in [0.15, 0.2) is 6.61 Å². The van der Waals surface area contributed by atoms with Gasteiger partial charge in [-0.05, 0) is 44.9 Å². The van der Waals surface area contributed by atoms with Crippen molar-refractivity contribution in [3.05, 3.63) is 59.0 Å². The molecule has 1 aromatic carbocycles. The van der Waals surface area contributed by atoms with E-state index >= 15 is 0 Å². The van der Waals surface area contributed by atoms with Crippen LogP contribution in [0.1, 0.15) is 46.7 Å². The van der Waals surface area contributed by atoms with Gasteiger partial charge in [0.25, 0.3) is 0 Å². The zero-order valence-corrected chi connectivity index (χ0v) is 17.5. The van der Waals surface area contributed by atoms with Crippen LogP contribution < -0.4 is 0 Å². The summed E-state index contributed by atoms with van der Waals surface area (Å²) in [5.74, 6) is -0.556. The highest BCUT2D eigenvalue weighted by molar-refractivity contribution is 5.99. The molecule has 0 spiro atoms. The number of aromatic nitrogens is 2. The van der Waals surface area contributed by atoms with Gasteiger partial charge in [0.05, 0.1) is 12.6 Å². The average Bonchev–Trinajstić information content (AvgIpc) is 3.25. The van der Waals surface area contributed by atoms with Gasteiger partial charge in [-0.1, -0.05) is 18.2 Å². The molecule has 1 N–H and O–H groups in total. The molecule has 1 atom stereocenters. The number of aromatic amines is 1. The van der Waals surface area contributed by atoms with Crippen LogP contribution in [-0.2, 0) is 20.7 Å². The van der Waals surface area contributed by atoms with Crippen LogP contribution in [0, 0.1) is 13.8 Å². The van der Waals surface area contributed by atoms with Crippen LogP contribution in [0.15, 0.2) is 36.5 Å². The monoisotopic (exact) mass is 396 g/mol. The lowest BCUT2D eigenvalue weighted by atomic mass is 10.1. The van der Waals surface area contributed by atoms with Crippen LogP contribution in [0.4, 0.5) is 0 Å². The number of H-pyrrole nitrogens is 1. The summed E-state index contributed by atoms with van der Waals surface area (Å²) in [6.45, 7) is 6.24. The molecule has 3 rings (SSSR count). The van der Waals surface area contributed by atoms with Crippen LogP contribution in [0.3, 0.4) is 0 Å². The summed E-state index contributed by atoms with van der Waals surface area (Å²) in [6.07, 6.45) is 2.72. The number of fused-ring (bicyclic) bond motifs is 1. The average molecular weight is 396 g/mol. The Morgan fingerprint density at radius 3 is 2.72 bits per heavy atom. The van der Waals surface area contributed by atoms with Crippen molar-refractivity contribution in [2.45, 2.75) is 39.7 Å². The molecule has 0 aliphatic rings. The molecular weight excluding hydrogens is 368 g/mol. The maximum Gasteiger partial charge on any atom is 0.306 e. The van der Waals surface area contributed by atoms with Gasteiger partial charge in [-0.15, -0.1) is 0 Å². The summed E-state index contributed by atoms with van der Waals surface area (Å²) in [5, 5.41) is 1.11. The second-order valence-corrected chi connectivity index (χ2v) is 7.40. The van der Waals surface area contributed by atoms with Crippen LogP contribution in [-0.4, -0.2) is 41.6 Å². The van der Waals surface area contributed by atoms with Crippen LogP contribution in [0.5, 0.6) is 0 Å². The second-order valence-electron chi connectivity index (χ2n) is 7.40. The predicted octanol–water partition coefficient (Wildman–Crippen LogP) is 4.15. The fraction of sp³-hybridized carbons (Fsp3) is 0.391. The van der Waals surface area contributed by atoms with Gasteiger partial charge in [0, 0.05) is 47.6 Å². The Kier molecular flexibility index (Phi) is 6.54. The largest absolute Gasteiger partial charge is 0.457 e. The highest BCUT2D eigenvalue weighted by atomic mass is 16.5. The number of carbonyl (C=O) groups is 2. The van der Waals surface area contributed by atoms with E-state index in [1.165, 1.54) is 0 Å². The van der Waals surface area contributed by atoms with Crippen LogP contribution >= 0.6 is 0 Å². The smallest absolute Gasteiger partial charge is 0.306 e. The van der Waals surface area contributed by atoms with E-state index in [4.69, 9.17) is 9.47 Å². The molecule has 0 bridgehead atoms. The number of methoxy groups -OCH3 is 1. The number of para-hydroxylation sites is 1. The summed E-state index contributed by atoms with van der Waals surface area (Å²) >= 11 is 0.